The molecule has 0 radical (unpaired) electrons. The van der Waals surface area contributed by atoms with Crippen LogP contribution >= 0.6 is 0 Å². The lowest BCUT2D eigenvalue weighted by molar-refractivity contribution is -0.140. The molecule has 0 heterocycles. The minimum absolute atomic E-state index is 0.0473. The number of rotatable bonds is 5. The molecule has 0 spiro atoms. The number of carboxylic acids is 1. The van der Waals surface area contributed by atoms with E-state index in [1.54, 1.807) is 19.9 Å². The monoisotopic (exact) mass is 244 g/mol. The van der Waals surface area contributed by atoms with Crippen LogP contribution in [0.15, 0.2) is 23.8 Å². The fraction of sp³-hybridized carbons (Fsp3) is 0.500. The number of allylic oxidation sites excluding steroid dienone is 1. The van der Waals surface area contributed by atoms with Gasteiger partial charge in [0.1, 0.15) is 6.61 Å². The molecule has 0 bridgehead atoms. The number of carbonyl (C=O) groups excluding carboxylic acids is 1. The summed E-state index contributed by atoms with van der Waals surface area (Å²) in [6.45, 7) is 8.31. The van der Waals surface area contributed by atoms with Crippen molar-refractivity contribution in [1.82, 2.24) is 0 Å². The Hall–Kier alpha value is -1.62. The quantitative estimate of drug-likeness (QED) is 0.566. The molecule has 2 N–H and O–H groups in total. The van der Waals surface area contributed by atoms with Crippen LogP contribution in [0.4, 0.5) is 0 Å². The zero-order valence-corrected chi connectivity index (χ0v) is 10.5. The highest BCUT2D eigenvalue weighted by Crippen LogP contribution is 1.92. The van der Waals surface area contributed by atoms with Crippen LogP contribution in [0.3, 0.4) is 0 Å². The van der Waals surface area contributed by atoms with Gasteiger partial charge in [0, 0.05) is 11.1 Å². The lowest BCUT2D eigenvalue weighted by atomic mass is 10.2. The summed E-state index contributed by atoms with van der Waals surface area (Å²) in [6.07, 6.45) is 2.47. The molecule has 0 fully saturated rings. The van der Waals surface area contributed by atoms with Crippen molar-refractivity contribution in [1.29, 1.82) is 0 Å². The maximum absolute atomic E-state index is 10.5. The van der Waals surface area contributed by atoms with E-state index in [0.29, 0.717) is 11.1 Å². The number of aliphatic hydroxyl groups is 1. The van der Waals surface area contributed by atoms with Gasteiger partial charge in [0.25, 0.3) is 0 Å². The first-order valence-electron chi connectivity index (χ1n) is 5.20. The highest BCUT2D eigenvalue weighted by Gasteiger charge is 1.99. The molecule has 0 aliphatic carbocycles. The van der Waals surface area contributed by atoms with Crippen molar-refractivity contribution >= 4 is 11.9 Å². The minimum atomic E-state index is -0.827. The van der Waals surface area contributed by atoms with Crippen molar-refractivity contribution in [2.75, 3.05) is 13.2 Å². The van der Waals surface area contributed by atoms with Gasteiger partial charge in [-0.2, -0.15) is 0 Å². The van der Waals surface area contributed by atoms with E-state index in [0.717, 1.165) is 6.42 Å². The number of carboxylic acid groups (broad SMARTS) is 1. The Morgan fingerprint density at radius 1 is 1.35 bits per heavy atom. The first-order valence-corrected chi connectivity index (χ1v) is 5.20. The van der Waals surface area contributed by atoms with Gasteiger partial charge in [0.2, 0.25) is 0 Å². The summed E-state index contributed by atoms with van der Waals surface area (Å²) in [5.41, 5.74) is 0.774. The average Bonchev–Trinajstić information content (AvgIpc) is 2.26. The van der Waals surface area contributed by atoms with Gasteiger partial charge in [0.15, 0.2) is 0 Å². The number of esters is 1. The molecule has 0 aromatic carbocycles. The normalized spacial score (nSPS) is 10.0. The second kappa shape index (κ2) is 10.9. The van der Waals surface area contributed by atoms with Crippen LogP contribution in [0.5, 0.6) is 0 Å². The van der Waals surface area contributed by atoms with Crippen molar-refractivity contribution in [3.05, 3.63) is 23.8 Å². The molecule has 0 aliphatic rings. The molecule has 0 amide bonds. The van der Waals surface area contributed by atoms with E-state index >= 15 is 0 Å². The first kappa shape index (κ1) is 17.8. The van der Waals surface area contributed by atoms with E-state index < -0.39 is 11.9 Å². The van der Waals surface area contributed by atoms with Gasteiger partial charge in [0.05, 0.1) is 6.61 Å². The highest BCUT2D eigenvalue weighted by atomic mass is 16.5. The number of hydrogen-bond donors (Lipinski definition) is 2. The standard InChI is InChI=1S/C6H10O3.C6H10O2/c1-5(2)6(8)9-4-3-7;1-3-4-5(2)6(7)8/h7H,1,3-4H2,2H3;4H,3H2,1-2H3,(H,7,8). The lowest BCUT2D eigenvalue weighted by Gasteiger charge is -1.99. The summed E-state index contributed by atoms with van der Waals surface area (Å²) < 4.78 is 4.46. The SMILES string of the molecule is C=C(C)C(=O)OCCO.CCC=C(C)C(=O)O. The van der Waals surface area contributed by atoms with Gasteiger partial charge >= 0.3 is 11.9 Å². The molecular weight excluding hydrogens is 224 g/mol. The molecule has 0 atom stereocenters. The van der Waals surface area contributed by atoms with Crippen LogP contribution < -0.4 is 0 Å². The Balaban J connectivity index is 0. The summed E-state index contributed by atoms with van der Waals surface area (Å²) >= 11 is 0. The molecule has 98 valence electrons. The number of aliphatic carboxylic acids is 1. The maximum Gasteiger partial charge on any atom is 0.333 e. The largest absolute Gasteiger partial charge is 0.478 e. The van der Waals surface area contributed by atoms with Gasteiger partial charge in [-0.25, -0.2) is 9.59 Å². The third-order valence-corrected chi connectivity index (χ3v) is 1.52. The minimum Gasteiger partial charge on any atom is -0.478 e. The molecule has 0 saturated carbocycles. The lowest BCUT2D eigenvalue weighted by Crippen LogP contribution is -2.08. The molecule has 0 saturated heterocycles. The van der Waals surface area contributed by atoms with Gasteiger partial charge in [-0.15, -0.1) is 0 Å². The van der Waals surface area contributed by atoms with Crippen LogP contribution in [-0.4, -0.2) is 35.4 Å². The van der Waals surface area contributed by atoms with Crippen molar-refractivity contribution in [2.45, 2.75) is 27.2 Å². The van der Waals surface area contributed by atoms with Crippen LogP contribution in [0.1, 0.15) is 27.2 Å². The van der Waals surface area contributed by atoms with E-state index in [2.05, 4.69) is 11.3 Å². The average molecular weight is 244 g/mol. The molecule has 0 aromatic rings. The fourth-order valence-corrected chi connectivity index (χ4v) is 0.655. The summed E-state index contributed by atoms with van der Waals surface area (Å²) in [5, 5.41) is 16.4. The zero-order valence-electron chi connectivity index (χ0n) is 10.5. The van der Waals surface area contributed by atoms with Crippen molar-refractivity contribution in [3.63, 3.8) is 0 Å². The predicted octanol–water partition coefficient (Wildman–Crippen LogP) is 1.53. The molecule has 0 rings (SSSR count). The first-order chi connectivity index (χ1) is 7.86. The fourth-order valence-electron chi connectivity index (χ4n) is 0.655. The van der Waals surface area contributed by atoms with Crippen LogP contribution in [0.2, 0.25) is 0 Å². The third-order valence-electron chi connectivity index (χ3n) is 1.52. The number of carbonyl (C=O) groups is 2. The summed E-state index contributed by atoms with van der Waals surface area (Å²) in [7, 11) is 0. The number of hydrogen-bond acceptors (Lipinski definition) is 4. The molecule has 5 nitrogen and oxygen atoms in total. The van der Waals surface area contributed by atoms with Crippen LogP contribution in [0, 0.1) is 0 Å². The van der Waals surface area contributed by atoms with Crippen molar-refractivity contribution in [3.8, 4) is 0 Å². The van der Waals surface area contributed by atoms with E-state index in [4.69, 9.17) is 10.2 Å². The van der Waals surface area contributed by atoms with Gasteiger partial charge < -0.3 is 14.9 Å². The van der Waals surface area contributed by atoms with Gasteiger partial charge in [-0.05, 0) is 20.3 Å². The van der Waals surface area contributed by atoms with Crippen LogP contribution in [0.25, 0.3) is 0 Å². The topological polar surface area (TPSA) is 83.8 Å². The number of aliphatic hydroxyl groups excluding tert-OH is 1. The Bertz CT molecular complexity index is 291. The summed E-state index contributed by atoms with van der Waals surface area (Å²) in [5.74, 6) is -1.28. The molecule has 0 aliphatic heterocycles. The summed E-state index contributed by atoms with van der Waals surface area (Å²) in [6, 6.07) is 0. The second-order valence-corrected chi connectivity index (χ2v) is 3.24. The van der Waals surface area contributed by atoms with E-state index in [1.165, 1.54) is 0 Å². The van der Waals surface area contributed by atoms with Gasteiger partial charge in [-0.3, -0.25) is 0 Å². The summed E-state index contributed by atoms with van der Waals surface area (Å²) in [4.78, 5) is 20.5. The van der Waals surface area contributed by atoms with E-state index in [-0.39, 0.29) is 13.2 Å². The van der Waals surface area contributed by atoms with E-state index in [9.17, 15) is 9.59 Å². The molecule has 5 heteroatoms. The molecular formula is C12H20O5. The number of ether oxygens (including phenoxy) is 1. The predicted molar refractivity (Wildman–Crippen MR) is 64.5 cm³/mol. The Morgan fingerprint density at radius 2 is 1.88 bits per heavy atom. The second-order valence-electron chi connectivity index (χ2n) is 3.24. The molecule has 17 heavy (non-hydrogen) atoms. The Kier molecular flexibility index (Phi) is 11.4. The Morgan fingerprint density at radius 3 is 2.12 bits per heavy atom. The van der Waals surface area contributed by atoms with Gasteiger partial charge in [-0.1, -0.05) is 19.6 Å². The van der Waals surface area contributed by atoms with Crippen LogP contribution in [-0.2, 0) is 14.3 Å². The van der Waals surface area contributed by atoms with Crippen molar-refractivity contribution < 1.29 is 24.5 Å². The highest BCUT2D eigenvalue weighted by molar-refractivity contribution is 5.86. The maximum atomic E-state index is 10.5. The molecule has 0 aromatic heterocycles. The smallest absolute Gasteiger partial charge is 0.333 e. The molecule has 0 unspecified atom stereocenters. The Labute approximate surface area is 101 Å². The van der Waals surface area contributed by atoms with E-state index in [1.807, 2.05) is 6.92 Å². The van der Waals surface area contributed by atoms with Crippen molar-refractivity contribution in [2.24, 2.45) is 0 Å². The zero-order chi connectivity index (χ0) is 13.8. The third kappa shape index (κ3) is 12.3.